The fourth-order valence-electron chi connectivity index (χ4n) is 1.85. The third-order valence-corrected chi connectivity index (χ3v) is 3.77. The van der Waals surface area contributed by atoms with Gasteiger partial charge in [0.2, 0.25) is 0 Å². The largest absolute Gasteiger partial charge is 0.430 e. The van der Waals surface area contributed by atoms with Crippen LogP contribution in [0.5, 0.6) is 10.9 Å². The normalized spacial score (nSPS) is 11.5. The van der Waals surface area contributed by atoms with Crippen molar-refractivity contribution in [2.24, 2.45) is 0 Å². The molecule has 0 bridgehead atoms. The zero-order valence-corrected chi connectivity index (χ0v) is 12.4. The number of hydrogen-bond donors (Lipinski definition) is 0. The van der Waals surface area contributed by atoms with Crippen molar-refractivity contribution in [2.45, 2.75) is 12.9 Å². The van der Waals surface area contributed by atoms with Gasteiger partial charge in [-0.25, -0.2) is 26.9 Å². The Morgan fingerprint density at radius 1 is 1.12 bits per heavy atom. The molecule has 3 rings (SSSR count). The molecule has 0 spiro atoms. The Labute approximate surface area is 135 Å². The van der Waals surface area contributed by atoms with E-state index in [2.05, 4.69) is 10.1 Å². The second-order valence-electron chi connectivity index (χ2n) is 4.46. The second kappa shape index (κ2) is 6.56. The average Bonchev–Trinajstić information content (AvgIpc) is 3.16. The molecule has 2 aromatic heterocycles. The molecule has 0 radical (unpaired) electrons. The minimum Gasteiger partial charge on any atom is -0.430 e. The summed E-state index contributed by atoms with van der Waals surface area (Å²) in [6.45, 7) is 0. The quantitative estimate of drug-likeness (QED) is 0.554. The Balaban J connectivity index is 1.97. The van der Waals surface area contributed by atoms with Gasteiger partial charge in [-0.05, 0) is 12.1 Å². The lowest BCUT2D eigenvalue weighted by Gasteiger charge is -2.07. The monoisotopic (exact) mass is 362 g/mol. The highest BCUT2D eigenvalue weighted by Crippen LogP contribution is 2.39. The number of hydrogen-bond acceptors (Lipinski definition) is 5. The summed E-state index contributed by atoms with van der Waals surface area (Å²) in [5.41, 5.74) is -0.917. The SMILES string of the molecule is Fc1cccc(Oc2ncc(C(F)F)s2)c1-c1cc(C(F)F)no1. The van der Waals surface area contributed by atoms with Gasteiger partial charge in [0.1, 0.15) is 17.3 Å². The molecule has 1 aromatic carbocycles. The predicted molar refractivity (Wildman–Crippen MR) is 74.0 cm³/mol. The van der Waals surface area contributed by atoms with E-state index in [1.54, 1.807) is 0 Å². The maximum Gasteiger partial charge on any atom is 0.283 e. The number of benzene rings is 1. The Morgan fingerprint density at radius 3 is 2.54 bits per heavy atom. The van der Waals surface area contributed by atoms with Crippen LogP contribution in [-0.2, 0) is 0 Å². The third kappa shape index (κ3) is 3.23. The summed E-state index contributed by atoms with van der Waals surface area (Å²) >= 11 is 0.584. The molecular weight excluding hydrogens is 355 g/mol. The molecule has 0 saturated heterocycles. The molecule has 24 heavy (non-hydrogen) atoms. The fraction of sp³-hybridized carbons (Fsp3) is 0.143. The van der Waals surface area contributed by atoms with E-state index in [4.69, 9.17) is 9.26 Å². The molecule has 10 heteroatoms. The summed E-state index contributed by atoms with van der Waals surface area (Å²) in [6.07, 6.45) is -4.66. The van der Waals surface area contributed by atoms with Crippen LogP contribution in [0.15, 0.2) is 35.0 Å². The number of ether oxygens (including phenoxy) is 1. The number of halogens is 5. The first-order valence-electron chi connectivity index (χ1n) is 6.41. The van der Waals surface area contributed by atoms with Crippen LogP contribution < -0.4 is 4.74 Å². The zero-order chi connectivity index (χ0) is 17.3. The van der Waals surface area contributed by atoms with E-state index >= 15 is 0 Å². The van der Waals surface area contributed by atoms with E-state index in [0.29, 0.717) is 11.3 Å². The van der Waals surface area contributed by atoms with E-state index in [9.17, 15) is 22.0 Å². The lowest BCUT2D eigenvalue weighted by atomic mass is 10.1. The van der Waals surface area contributed by atoms with Crippen LogP contribution in [0.25, 0.3) is 11.3 Å². The van der Waals surface area contributed by atoms with E-state index in [1.807, 2.05) is 0 Å². The summed E-state index contributed by atoms with van der Waals surface area (Å²) in [5, 5.41) is 3.00. The van der Waals surface area contributed by atoms with Crippen molar-refractivity contribution in [1.82, 2.24) is 10.1 Å². The minimum absolute atomic E-state index is 0.123. The van der Waals surface area contributed by atoms with Crippen LogP contribution in [0.3, 0.4) is 0 Å². The van der Waals surface area contributed by atoms with Gasteiger partial charge in [0, 0.05) is 6.07 Å². The number of aromatic nitrogens is 2. The molecule has 3 aromatic rings. The predicted octanol–water partition coefficient (Wildman–Crippen LogP) is 5.60. The van der Waals surface area contributed by atoms with Gasteiger partial charge in [0.25, 0.3) is 18.0 Å². The van der Waals surface area contributed by atoms with Gasteiger partial charge in [0.05, 0.1) is 16.6 Å². The van der Waals surface area contributed by atoms with Crippen LogP contribution in [0, 0.1) is 5.82 Å². The van der Waals surface area contributed by atoms with Crippen LogP contribution in [-0.4, -0.2) is 10.1 Å². The van der Waals surface area contributed by atoms with Crippen molar-refractivity contribution >= 4 is 11.3 Å². The van der Waals surface area contributed by atoms with Crippen molar-refractivity contribution in [3.05, 3.63) is 46.9 Å². The lowest BCUT2D eigenvalue weighted by molar-refractivity contribution is 0.140. The minimum atomic E-state index is -2.88. The summed E-state index contributed by atoms with van der Waals surface area (Å²) in [7, 11) is 0. The van der Waals surface area contributed by atoms with Gasteiger partial charge in [-0.15, -0.1) is 0 Å². The van der Waals surface area contributed by atoms with Crippen molar-refractivity contribution in [1.29, 1.82) is 0 Å². The summed E-state index contributed by atoms with van der Waals surface area (Å²) in [6, 6.07) is 4.58. The summed E-state index contributed by atoms with van der Waals surface area (Å²) in [5.74, 6) is -1.21. The van der Waals surface area contributed by atoms with Crippen molar-refractivity contribution < 1.29 is 31.2 Å². The lowest BCUT2D eigenvalue weighted by Crippen LogP contribution is -1.90. The molecule has 126 valence electrons. The van der Waals surface area contributed by atoms with Crippen LogP contribution in [0.1, 0.15) is 23.4 Å². The van der Waals surface area contributed by atoms with Gasteiger partial charge in [-0.3, -0.25) is 0 Å². The smallest absolute Gasteiger partial charge is 0.283 e. The van der Waals surface area contributed by atoms with E-state index < -0.39 is 24.4 Å². The Morgan fingerprint density at radius 2 is 1.92 bits per heavy atom. The Bertz CT molecular complexity index is 849. The van der Waals surface area contributed by atoms with Gasteiger partial charge < -0.3 is 9.26 Å². The Kier molecular flexibility index (Phi) is 4.47. The standard InChI is InChI=1S/C14H7F5N2O2S/c15-6-2-1-3-8(22-14-20-5-10(24-14)13(18)19)11(6)9-4-7(12(16)17)21-23-9/h1-5,12-13H. The van der Waals surface area contributed by atoms with Gasteiger partial charge in [-0.2, -0.15) is 0 Å². The topological polar surface area (TPSA) is 48.2 Å². The second-order valence-corrected chi connectivity index (χ2v) is 5.49. The first kappa shape index (κ1) is 16.4. The Hall–Kier alpha value is -2.49. The molecule has 0 amide bonds. The van der Waals surface area contributed by atoms with E-state index in [-0.39, 0.29) is 27.1 Å². The molecular formula is C14H7F5N2O2S. The van der Waals surface area contributed by atoms with Crippen molar-refractivity contribution in [3.63, 3.8) is 0 Å². The summed E-state index contributed by atoms with van der Waals surface area (Å²) < 4.78 is 74.4. The molecule has 0 saturated carbocycles. The number of nitrogens with zero attached hydrogens (tertiary/aromatic N) is 2. The van der Waals surface area contributed by atoms with Gasteiger partial charge in [0.15, 0.2) is 5.76 Å². The first-order chi connectivity index (χ1) is 11.5. The highest BCUT2D eigenvalue weighted by atomic mass is 32.1. The first-order valence-corrected chi connectivity index (χ1v) is 7.22. The molecule has 0 aliphatic rings. The number of alkyl halides is 4. The maximum atomic E-state index is 14.1. The highest BCUT2D eigenvalue weighted by Gasteiger charge is 2.22. The third-order valence-electron chi connectivity index (χ3n) is 2.89. The van der Waals surface area contributed by atoms with E-state index in [1.165, 1.54) is 12.1 Å². The van der Waals surface area contributed by atoms with E-state index in [0.717, 1.165) is 18.3 Å². The van der Waals surface area contributed by atoms with Crippen LogP contribution >= 0.6 is 11.3 Å². The molecule has 0 unspecified atom stereocenters. The van der Waals surface area contributed by atoms with Crippen LogP contribution in [0.4, 0.5) is 22.0 Å². The maximum absolute atomic E-state index is 14.1. The van der Waals surface area contributed by atoms with Gasteiger partial charge >= 0.3 is 0 Å². The molecule has 0 fully saturated rings. The summed E-state index contributed by atoms with van der Waals surface area (Å²) in [4.78, 5) is 3.34. The average molecular weight is 362 g/mol. The van der Waals surface area contributed by atoms with Crippen LogP contribution in [0.2, 0.25) is 0 Å². The number of rotatable bonds is 5. The van der Waals surface area contributed by atoms with Crippen molar-refractivity contribution in [2.75, 3.05) is 0 Å². The molecule has 0 atom stereocenters. The molecule has 4 nitrogen and oxygen atoms in total. The molecule has 0 aliphatic carbocycles. The fourth-order valence-corrected chi connectivity index (χ4v) is 2.48. The van der Waals surface area contributed by atoms with Gasteiger partial charge in [-0.1, -0.05) is 22.6 Å². The number of thiazole rings is 1. The molecule has 0 aliphatic heterocycles. The highest BCUT2D eigenvalue weighted by molar-refractivity contribution is 7.13. The molecule has 0 N–H and O–H groups in total. The molecule has 2 heterocycles. The van der Waals surface area contributed by atoms with Crippen molar-refractivity contribution in [3.8, 4) is 22.3 Å². The zero-order valence-electron chi connectivity index (χ0n) is 11.6.